The normalized spacial score (nSPS) is 10.3. The Morgan fingerprint density at radius 2 is 2.15 bits per heavy atom. The molecule has 0 radical (unpaired) electrons. The molecule has 2 heterocycles. The fourth-order valence-electron chi connectivity index (χ4n) is 1.09. The van der Waals surface area contributed by atoms with Crippen LogP contribution in [-0.2, 0) is 0 Å². The van der Waals surface area contributed by atoms with Crippen LogP contribution in [0.4, 0.5) is 0 Å². The Bertz CT molecular complexity index is 408. The van der Waals surface area contributed by atoms with E-state index in [0.717, 1.165) is 21.6 Å². The zero-order valence-corrected chi connectivity index (χ0v) is 8.58. The van der Waals surface area contributed by atoms with E-state index in [9.17, 15) is 0 Å². The highest BCUT2D eigenvalue weighted by atomic mass is 79.9. The highest BCUT2D eigenvalue weighted by molar-refractivity contribution is 9.10. The van der Waals surface area contributed by atoms with Crippen LogP contribution in [0.2, 0.25) is 0 Å². The van der Waals surface area contributed by atoms with E-state index in [1.807, 2.05) is 19.1 Å². The number of aryl methyl sites for hydroxylation is 1. The number of rotatable bonds is 1. The summed E-state index contributed by atoms with van der Waals surface area (Å²) in [6, 6.07) is 3.81. The van der Waals surface area contributed by atoms with Crippen LogP contribution < -0.4 is 0 Å². The summed E-state index contributed by atoms with van der Waals surface area (Å²) in [5, 5.41) is 0. The fraction of sp³-hybridized carbons (Fsp3) is 0.111. The van der Waals surface area contributed by atoms with Crippen molar-refractivity contribution in [3.05, 3.63) is 35.0 Å². The van der Waals surface area contributed by atoms with E-state index in [0.29, 0.717) is 0 Å². The third-order valence-electron chi connectivity index (χ3n) is 1.74. The Labute approximate surface area is 84.0 Å². The first kappa shape index (κ1) is 8.44. The highest BCUT2D eigenvalue weighted by Gasteiger charge is 2.05. The first-order valence-corrected chi connectivity index (χ1v) is 4.58. The topological polar surface area (TPSA) is 38.9 Å². The lowest BCUT2D eigenvalue weighted by Gasteiger charge is -1.96. The van der Waals surface area contributed by atoms with Crippen LogP contribution in [0.15, 0.2) is 33.7 Å². The number of oxazole rings is 1. The van der Waals surface area contributed by atoms with Crippen LogP contribution in [0, 0.1) is 6.92 Å². The second kappa shape index (κ2) is 3.30. The minimum atomic E-state index is 0.778. The lowest BCUT2D eigenvalue weighted by molar-refractivity contribution is 0.571. The third-order valence-corrected chi connectivity index (χ3v) is 2.20. The van der Waals surface area contributed by atoms with Crippen molar-refractivity contribution >= 4 is 15.9 Å². The average molecular weight is 239 g/mol. The van der Waals surface area contributed by atoms with Crippen LogP contribution in [0.3, 0.4) is 0 Å². The third kappa shape index (κ3) is 1.62. The number of nitrogens with zero attached hydrogens (tertiary/aromatic N) is 2. The van der Waals surface area contributed by atoms with Crippen molar-refractivity contribution in [3.63, 3.8) is 0 Å². The van der Waals surface area contributed by atoms with Crippen LogP contribution in [-0.4, -0.2) is 9.97 Å². The molecule has 3 nitrogen and oxygen atoms in total. The molecule has 13 heavy (non-hydrogen) atoms. The van der Waals surface area contributed by atoms with Gasteiger partial charge in [-0.3, -0.25) is 0 Å². The van der Waals surface area contributed by atoms with Crippen LogP contribution in [0.1, 0.15) is 5.69 Å². The Morgan fingerprint density at radius 3 is 2.69 bits per heavy atom. The van der Waals surface area contributed by atoms with E-state index < -0.39 is 0 Å². The van der Waals surface area contributed by atoms with Gasteiger partial charge in [0.25, 0.3) is 0 Å². The van der Waals surface area contributed by atoms with Gasteiger partial charge in [-0.15, -0.1) is 0 Å². The van der Waals surface area contributed by atoms with Crippen molar-refractivity contribution in [2.45, 2.75) is 6.92 Å². The minimum Gasteiger partial charge on any atom is -0.443 e. The van der Waals surface area contributed by atoms with Crippen LogP contribution in [0.5, 0.6) is 0 Å². The number of aromatic nitrogens is 2. The number of hydrogen-bond donors (Lipinski definition) is 0. The van der Waals surface area contributed by atoms with Gasteiger partial charge in [-0.05, 0) is 35.0 Å². The van der Waals surface area contributed by atoms with Crippen LogP contribution >= 0.6 is 15.9 Å². The molecular weight excluding hydrogens is 232 g/mol. The molecular formula is C9H7BrN2O. The van der Waals surface area contributed by atoms with Crippen molar-refractivity contribution in [3.8, 4) is 11.3 Å². The summed E-state index contributed by atoms with van der Waals surface area (Å²) < 4.78 is 6.04. The molecule has 4 heteroatoms. The second-order valence-corrected chi connectivity index (χ2v) is 3.45. The number of pyridine rings is 1. The van der Waals surface area contributed by atoms with Gasteiger partial charge in [-0.25, -0.2) is 9.97 Å². The smallest absolute Gasteiger partial charge is 0.181 e. The summed E-state index contributed by atoms with van der Waals surface area (Å²) in [6.07, 6.45) is 3.18. The molecule has 0 spiro atoms. The van der Waals surface area contributed by atoms with Gasteiger partial charge in [-0.2, -0.15) is 0 Å². The minimum absolute atomic E-state index is 0.778. The average Bonchev–Trinajstić information content (AvgIpc) is 2.53. The van der Waals surface area contributed by atoms with Crippen molar-refractivity contribution in [2.24, 2.45) is 0 Å². The summed E-state index contributed by atoms with van der Waals surface area (Å²) in [4.78, 5) is 8.11. The molecule has 0 saturated carbocycles. The van der Waals surface area contributed by atoms with Crippen molar-refractivity contribution in [2.75, 3.05) is 0 Å². The second-order valence-electron chi connectivity index (χ2n) is 2.64. The fourth-order valence-corrected chi connectivity index (χ4v) is 1.32. The van der Waals surface area contributed by atoms with E-state index in [2.05, 4.69) is 25.9 Å². The van der Waals surface area contributed by atoms with Crippen molar-refractivity contribution < 1.29 is 4.42 Å². The van der Waals surface area contributed by atoms with E-state index in [-0.39, 0.29) is 0 Å². The Morgan fingerprint density at radius 1 is 1.31 bits per heavy atom. The molecule has 0 atom stereocenters. The molecule has 2 aromatic heterocycles. The van der Waals surface area contributed by atoms with Crippen LogP contribution in [0.25, 0.3) is 11.3 Å². The lowest BCUT2D eigenvalue weighted by Crippen LogP contribution is -1.80. The van der Waals surface area contributed by atoms with Gasteiger partial charge in [0, 0.05) is 11.8 Å². The predicted octanol–water partition coefficient (Wildman–Crippen LogP) is 2.81. The van der Waals surface area contributed by atoms with E-state index >= 15 is 0 Å². The monoisotopic (exact) mass is 238 g/mol. The first-order chi connectivity index (χ1) is 6.27. The summed E-state index contributed by atoms with van der Waals surface area (Å²) in [7, 11) is 0. The number of hydrogen-bond acceptors (Lipinski definition) is 3. The first-order valence-electron chi connectivity index (χ1n) is 3.79. The molecule has 0 fully saturated rings. The molecule has 0 amide bonds. The zero-order chi connectivity index (χ0) is 9.26. The number of halogens is 1. The predicted molar refractivity (Wildman–Crippen MR) is 52.2 cm³/mol. The summed E-state index contributed by atoms with van der Waals surface area (Å²) in [5.74, 6) is 0.778. The van der Waals surface area contributed by atoms with Crippen molar-refractivity contribution in [1.29, 1.82) is 0 Å². The zero-order valence-electron chi connectivity index (χ0n) is 6.99. The molecule has 0 aliphatic carbocycles. The standard InChI is InChI=1S/C9H7BrN2O/c1-6-9(13-5-12-6)7-2-3-8(10)11-4-7/h2-5H,1H3. The van der Waals surface area contributed by atoms with Gasteiger partial charge in [0.1, 0.15) is 4.60 Å². The summed E-state index contributed by atoms with van der Waals surface area (Å²) in [6.45, 7) is 1.90. The van der Waals surface area contributed by atoms with Gasteiger partial charge in [0.15, 0.2) is 12.2 Å². The molecule has 66 valence electrons. The van der Waals surface area contributed by atoms with E-state index in [4.69, 9.17) is 4.42 Å². The Kier molecular flexibility index (Phi) is 2.14. The lowest BCUT2D eigenvalue weighted by atomic mass is 10.2. The van der Waals surface area contributed by atoms with Crippen molar-refractivity contribution in [1.82, 2.24) is 9.97 Å². The van der Waals surface area contributed by atoms with Gasteiger partial charge < -0.3 is 4.42 Å². The SMILES string of the molecule is Cc1ncoc1-c1ccc(Br)nc1. The molecule has 0 saturated heterocycles. The largest absolute Gasteiger partial charge is 0.443 e. The molecule has 0 aromatic carbocycles. The summed E-state index contributed by atoms with van der Waals surface area (Å²) >= 11 is 3.27. The molecule has 0 unspecified atom stereocenters. The maximum absolute atomic E-state index is 5.22. The maximum atomic E-state index is 5.22. The van der Waals surface area contributed by atoms with E-state index in [1.165, 1.54) is 6.39 Å². The maximum Gasteiger partial charge on any atom is 0.181 e. The quantitative estimate of drug-likeness (QED) is 0.718. The molecule has 2 aromatic rings. The molecule has 0 aliphatic heterocycles. The Balaban J connectivity index is 2.47. The Hall–Kier alpha value is -1.16. The molecule has 0 bridgehead atoms. The summed E-state index contributed by atoms with van der Waals surface area (Å²) in [5.41, 5.74) is 1.82. The highest BCUT2D eigenvalue weighted by Crippen LogP contribution is 2.22. The van der Waals surface area contributed by atoms with E-state index in [1.54, 1.807) is 6.20 Å². The molecule has 2 rings (SSSR count). The van der Waals surface area contributed by atoms with Gasteiger partial charge in [0.2, 0.25) is 0 Å². The molecule has 0 N–H and O–H groups in total. The molecule has 0 aliphatic rings. The van der Waals surface area contributed by atoms with Gasteiger partial charge in [-0.1, -0.05) is 0 Å². The van der Waals surface area contributed by atoms with Gasteiger partial charge >= 0.3 is 0 Å². The van der Waals surface area contributed by atoms with Gasteiger partial charge in [0.05, 0.1) is 5.69 Å².